The third-order valence-corrected chi connectivity index (χ3v) is 1.46. The molecule has 3 heteroatoms. The molecule has 1 rings (SSSR count). The smallest absolute Gasteiger partial charge is 0.293 e. The maximum Gasteiger partial charge on any atom is 0.293 e. The maximum atomic E-state index is 7.92. The molecule has 0 aliphatic carbocycles. The van der Waals surface area contributed by atoms with Gasteiger partial charge in [-0.25, -0.2) is 0 Å². The minimum atomic E-state index is -1.66. The van der Waals surface area contributed by atoms with Crippen molar-refractivity contribution < 1.29 is 13.0 Å². The summed E-state index contributed by atoms with van der Waals surface area (Å²) >= 11 is 0. The zero-order valence-corrected chi connectivity index (χ0v) is 6.78. The van der Waals surface area contributed by atoms with E-state index < -0.39 is 6.08 Å². The molecule has 0 heterocycles. The lowest BCUT2D eigenvalue weighted by Gasteiger charge is -2.09. The Hall–Kier alpha value is -1.06. The molecule has 1 aromatic carbocycles. The van der Waals surface area contributed by atoms with Crippen LogP contribution in [-0.2, 0) is 0 Å². The highest BCUT2D eigenvalue weighted by Crippen LogP contribution is 2.17. The molecule has 0 bridgehead atoms. The second kappa shape index (κ2) is 4.09. The van der Waals surface area contributed by atoms with Crippen molar-refractivity contribution in [2.24, 2.45) is 0 Å². The standard InChI is InChI=1S/C9H13NO2/c1-10-6-9(12)7-3-2-4-8(11)5-7/h2-5,9-12H,6H2,1H3/t9-/m0/s1/i9D,12D/hD2. The lowest BCUT2D eigenvalue weighted by Crippen LogP contribution is -2.16. The Morgan fingerprint density at radius 3 is 3.42 bits per heavy atom. The van der Waals surface area contributed by atoms with Crippen LogP contribution in [0.2, 0.25) is 1.41 Å². The number of rotatable bonds is 5. The van der Waals surface area contributed by atoms with Crippen LogP contribution in [0.25, 0.3) is 0 Å². The normalized spacial score (nSPS) is 20.2. The van der Waals surface area contributed by atoms with E-state index in [9.17, 15) is 0 Å². The number of benzene rings is 1. The van der Waals surface area contributed by atoms with E-state index in [4.69, 9.17) is 5.64 Å². The van der Waals surface area contributed by atoms with Crippen molar-refractivity contribution in [3.05, 3.63) is 29.8 Å². The fourth-order valence-corrected chi connectivity index (χ4v) is 0.904. The van der Waals surface area contributed by atoms with Crippen molar-refractivity contribution in [1.82, 2.24) is 5.31 Å². The van der Waals surface area contributed by atoms with E-state index in [1.54, 1.807) is 18.2 Å². The first kappa shape index (κ1) is 4.84. The summed E-state index contributed by atoms with van der Waals surface area (Å²) in [6.45, 7) is -0.0854. The molecule has 3 N–H and O–H groups in total. The highest BCUT2D eigenvalue weighted by molar-refractivity contribution is 5.28. The van der Waals surface area contributed by atoms with Crippen LogP contribution in [0.15, 0.2) is 24.3 Å². The van der Waals surface area contributed by atoms with Gasteiger partial charge >= 0.3 is 0 Å². The zero-order chi connectivity index (χ0) is 12.2. The van der Waals surface area contributed by atoms with Crippen LogP contribution in [0.5, 0.6) is 5.75 Å². The van der Waals surface area contributed by atoms with Gasteiger partial charge in [-0.2, -0.15) is 0 Å². The summed E-state index contributed by atoms with van der Waals surface area (Å²) in [7, 11) is 1.47. The molecule has 0 unspecified atom stereocenters. The highest BCUT2D eigenvalue weighted by atomic mass is 16.3. The predicted molar refractivity (Wildman–Crippen MR) is 47.0 cm³/mol. The Morgan fingerprint density at radius 2 is 2.75 bits per heavy atom. The molecule has 0 radical (unpaired) electrons. The summed E-state index contributed by atoms with van der Waals surface area (Å²) in [4.78, 5) is 0. The predicted octanol–water partition coefficient (Wildman–Crippen LogP) is 0.645. The van der Waals surface area contributed by atoms with Crippen molar-refractivity contribution in [3.8, 4) is 5.75 Å². The quantitative estimate of drug-likeness (QED) is 0.609. The zero-order valence-electron chi connectivity index (χ0n) is 10.8. The monoisotopic (exact) mass is 171 g/mol. The molecule has 0 saturated carbocycles. The van der Waals surface area contributed by atoms with Gasteiger partial charge in [0.1, 0.15) is 7.16 Å². The number of nitrogens with one attached hydrogen (secondary N) is 1. The molecule has 0 aliphatic rings. The third kappa shape index (κ3) is 2.22. The lowest BCUT2D eigenvalue weighted by molar-refractivity contribution is 0.177. The number of likely N-dealkylation sites (N-methyl/N-ethyl adjacent to an activating group) is 1. The Balaban J connectivity index is 3.01. The van der Waals surface area contributed by atoms with E-state index in [0.717, 1.165) is 5.31 Å². The Kier molecular flexibility index (Phi) is 1.65. The Bertz CT molecular complexity index is 350. The molecule has 66 valence electrons. The van der Waals surface area contributed by atoms with Crippen LogP contribution in [-0.4, -0.2) is 26.7 Å². The molecule has 0 fully saturated rings. The number of hydrogen-bond donors (Lipinski definition) is 3. The van der Waals surface area contributed by atoms with Gasteiger partial charge in [-0.05, 0) is 24.7 Å². The van der Waals surface area contributed by atoms with Gasteiger partial charge < -0.3 is 15.5 Å². The molecule has 3 nitrogen and oxygen atoms in total. The van der Waals surface area contributed by atoms with Crippen LogP contribution in [0, 0.1) is 0 Å². The summed E-state index contributed by atoms with van der Waals surface area (Å²) in [5.41, 5.74) is 0.367. The van der Waals surface area contributed by atoms with Gasteiger partial charge in [0.15, 0.2) is 0 Å². The topological polar surface area (TPSA) is 52.5 Å². The molecule has 1 aromatic rings. The summed E-state index contributed by atoms with van der Waals surface area (Å²) in [5, 5.41) is 9.67. The van der Waals surface area contributed by atoms with Crippen molar-refractivity contribution in [2.45, 2.75) is 6.08 Å². The van der Waals surface area contributed by atoms with Gasteiger partial charge in [0.2, 0.25) is 1.43 Å². The van der Waals surface area contributed by atoms with E-state index in [-0.39, 0.29) is 12.3 Å². The van der Waals surface area contributed by atoms with Crippen molar-refractivity contribution in [1.29, 1.82) is 2.86 Å². The Morgan fingerprint density at radius 1 is 1.83 bits per heavy atom. The van der Waals surface area contributed by atoms with E-state index >= 15 is 0 Å². The second-order valence-electron chi connectivity index (χ2n) is 2.43. The largest absolute Gasteiger partial charge is 0.508 e. The first-order valence-corrected chi connectivity index (χ1v) is 3.60. The second-order valence-corrected chi connectivity index (χ2v) is 2.43. The number of hydrogen-bond acceptors (Lipinski definition) is 3. The number of phenols is 1. The van der Waals surface area contributed by atoms with E-state index in [2.05, 4.69) is 10.2 Å². The van der Waals surface area contributed by atoms with E-state index in [1.165, 1.54) is 13.1 Å². The first-order valence-electron chi connectivity index (χ1n) is 5.36. The van der Waals surface area contributed by atoms with Crippen LogP contribution in [0.1, 0.15) is 13.0 Å². The maximum absolute atomic E-state index is 7.92. The summed E-state index contributed by atoms with van der Waals surface area (Å²) < 4.78 is 28.9. The number of aliphatic hydroxyl groups is 1. The Labute approximate surface area is 77.5 Å². The van der Waals surface area contributed by atoms with Crippen molar-refractivity contribution in [3.63, 3.8) is 0 Å². The summed E-state index contributed by atoms with van der Waals surface area (Å²) in [6.07, 6.45) is -1.66. The minimum Gasteiger partial charge on any atom is -0.508 e. The minimum absolute atomic E-state index is 0.0854. The molecule has 1 atom stereocenters. The van der Waals surface area contributed by atoms with Crippen LogP contribution in [0.3, 0.4) is 0 Å². The van der Waals surface area contributed by atoms with Crippen molar-refractivity contribution in [2.75, 3.05) is 13.6 Å². The van der Waals surface area contributed by atoms with Crippen molar-refractivity contribution >= 4 is 0 Å². The van der Waals surface area contributed by atoms with Gasteiger partial charge in [0.05, 0.1) is 7.45 Å². The molecule has 0 amide bonds. The summed E-state index contributed by atoms with van der Waals surface area (Å²) in [6, 6.07) is 6.20. The van der Waals surface area contributed by atoms with E-state index in [1.807, 2.05) is 0 Å². The average Bonchev–Trinajstić information content (AvgIpc) is 2.28. The number of aromatic hydroxyl groups is 1. The molecule has 0 spiro atoms. The fourth-order valence-electron chi connectivity index (χ4n) is 0.904. The molecule has 0 aliphatic heterocycles. The van der Waals surface area contributed by atoms with Crippen LogP contribution in [0.4, 0.5) is 0 Å². The van der Waals surface area contributed by atoms with Gasteiger partial charge in [0.25, 0.3) is 1.43 Å². The third-order valence-electron chi connectivity index (χ3n) is 1.46. The lowest BCUT2D eigenvalue weighted by atomic mass is 10.1. The van der Waals surface area contributed by atoms with Gasteiger partial charge in [-0.1, -0.05) is 12.1 Å². The van der Waals surface area contributed by atoms with Crippen LogP contribution < -0.4 is 5.31 Å². The SMILES string of the molecule is [2H]Oc1cccc([C@]([2H])(CN([2H])C)O[2H])c1. The van der Waals surface area contributed by atoms with Gasteiger partial charge in [-0.3, -0.25) is 0 Å². The molecule has 0 aromatic heterocycles. The molecule has 0 saturated heterocycles. The molecular formula is C9H13NO2. The van der Waals surface area contributed by atoms with Gasteiger partial charge in [-0.15, -0.1) is 0 Å². The average molecular weight is 171 g/mol. The fraction of sp³-hybridized carbons (Fsp3) is 0.333. The summed E-state index contributed by atoms with van der Waals surface area (Å²) in [5.74, 6) is 0.263. The first-order chi connectivity index (χ1) is 7.51. The van der Waals surface area contributed by atoms with Gasteiger partial charge in [0, 0.05) is 6.54 Å². The highest BCUT2D eigenvalue weighted by Gasteiger charge is 2.05. The molecular weight excluding hydrogens is 154 g/mol. The molecule has 12 heavy (non-hydrogen) atoms. The van der Waals surface area contributed by atoms with E-state index in [0.29, 0.717) is 5.56 Å². The number of phenolic OH excluding ortho intramolecular Hbond substituents is 1. The van der Waals surface area contributed by atoms with Crippen LogP contribution >= 0.6 is 0 Å².